The molecule has 0 unspecified atom stereocenters. The monoisotopic (exact) mass is 271 g/mol. The van der Waals surface area contributed by atoms with E-state index in [2.05, 4.69) is 14.4 Å². The van der Waals surface area contributed by atoms with Crippen molar-refractivity contribution in [2.45, 2.75) is 6.92 Å². The van der Waals surface area contributed by atoms with Crippen LogP contribution >= 0.6 is 19.4 Å². The average molecular weight is 272 g/mol. The van der Waals surface area contributed by atoms with Crippen molar-refractivity contribution in [1.29, 1.82) is 0 Å². The molecule has 0 aliphatic rings. The van der Waals surface area contributed by atoms with Crippen molar-refractivity contribution in [2.24, 2.45) is 0 Å². The van der Waals surface area contributed by atoms with E-state index in [-0.39, 0.29) is 19.1 Å². The zero-order chi connectivity index (χ0) is 12.6. The van der Waals surface area contributed by atoms with Gasteiger partial charge in [0.1, 0.15) is 0 Å². The molecule has 0 saturated heterocycles. The zero-order valence-corrected chi connectivity index (χ0v) is 11.0. The average Bonchev–Trinajstić information content (AvgIpc) is 2.23. The van der Waals surface area contributed by atoms with Crippen LogP contribution in [0.15, 0.2) is 11.1 Å². The Morgan fingerprint density at radius 2 is 2.00 bits per heavy atom. The first-order chi connectivity index (χ1) is 7.43. The highest BCUT2D eigenvalue weighted by atomic mass is 35.5. The second kappa shape index (κ2) is 7.81. The molecule has 0 aromatic carbocycles. The van der Waals surface area contributed by atoms with Crippen LogP contribution in [0.5, 0.6) is 0 Å². The Labute approximate surface area is 99.5 Å². The SMILES string of the molecule is COP(=O)(OC)OCCNC(=O)C=C(C)Cl. The van der Waals surface area contributed by atoms with Crippen LogP contribution in [0.1, 0.15) is 6.92 Å². The summed E-state index contributed by atoms with van der Waals surface area (Å²) in [6.45, 7) is 1.78. The highest BCUT2D eigenvalue weighted by Crippen LogP contribution is 2.47. The highest BCUT2D eigenvalue weighted by Gasteiger charge is 2.21. The lowest BCUT2D eigenvalue weighted by Gasteiger charge is -2.12. The van der Waals surface area contributed by atoms with Crippen LogP contribution in [0.2, 0.25) is 0 Å². The molecule has 0 rings (SSSR count). The second-order valence-electron chi connectivity index (χ2n) is 2.67. The van der Waals surface area contributed by atoms with E-state index in [1.54, 1.807) is 6.92 Å². The molecule has 0 aromatic heterocycles. The van der Waals surface area contributed by atoms with Crippen molar-refractivity contribution in [1.82, 2.24) is 5.32 Å². The van der Waals surface area contributed by atoms with E-state index in [0.717, 1.165) is 0 Å². The number of halogens is 1. The fourth-order valence-electron chi connectivity index (χ4n) is 0.743. The van der Waals surface area contributed by atoms with Crippen molar-refractivity contribution in [2.75, 3.05) is 27.4 Å². The summed E-state index contributed by atoms with van der Waals surface area (Å²) in [5.41, 5.74) is 0. The molecule has 0 atom stereocenters. The van der Waals surface area contributed by atoms with Crippen LogP contribution in [0.25, 0.3) is 0 Å². The van der Waals surface area contributed by atoms with Gasteiger partial charge in [0.25, 0.3) is 0 Å². The maximum absolute atomic E-state index is 11.4. The Hall–Kier alpha value is -0.390. The maximum atomic E-state index is 11.4. The molecule has 1 N–H and O–H groups in total. The van der Waals surface area contributed by atoms with E-state index < -0.39 is 7.82 Å². The van der Waals surface area contributed by atoms with E-state index in [9.17, 15) is 9.36 Å². The summed E-state index contributed by atoms with van der Waals surface area (Å²) in [5.74, 6) is -0.347. The molecule has 0 radical (unpaired) electrons. The lowest BCUT2D eigenvalue weighted by Crippen LogP contribution is -2.25. The standard InChI is InChI=1S/C8H15ClNO5P/c1-7(9)6-8(11)10-4-5-15-16(12,13-2)14-3/h6H,4-5H2,1-3H3,(H,10,11). The lowest BCUT2D eigenvalue weighted by atomic mass is 10.5. The Bertz CT molecular complexity index is 295. The van der Waals surface area contributed by atoms with E-state index in [1.807, 2.05) is 0 Å². The molecule has 0 fully saturated rings. The van der Waals surface area contributed by atoms with Crippen LogP contribution in [0.3, 0.4) is 0 Å². The summed E-state index contributed by atoms with van der Waals surface area (Å²) in [7, 11) is -1.04. The molecule has 94 valence electrons. The Balaban J connectivity index is 3.81. The number of hydrogen-bond acceptors (Lipinski definition) is 5. The molecule has 0 heterocycles. The third-order valence-corrected chi connectivity index (χ3v) is 2.93. The van der Waals surface area contributed by atoms with Gasteiger partial charge in [-0.05, 0) is 6.92 Å². The fraction of sp³-hybridized carbons (Fsp3) is 0.625. The first-order valence-corrected chi connectivity index (χ1v) is 6.25. The molecule has 16 heavy (non-hydrogen) atoms. The van der Waals surface area contributed by atoms with Gasteiger partial charge in [-0.2, -0.15) is 0 Å². The Morgan fingerprint density at radius 1 is 1.44 bits per heavy atom. The van der Waals surface area contributed by atoms with Crippen LogP contribution < -0.4 is 5.32 Å². The van der Waals surface area contributed by atoms with E-state index in [1.165, 1.54) is 20.3 Å². The van der Waals surface area contributed by atoms with Crippen LogP contribution in [0.4, 0.5) is 0 Å². The van der Waals surface area contributed by atoms with Gasteiger partial charge in [-0.1, -0.05) is 11.6 Å². The largest absolute Gasteiger partial charge is 0.474 e. The van der Waals surface area contributed by atoms with Gasteiger partial charge in [-0.3, -0.25) is 18.4 Å². The molecule has 6 nitrogen and oxygen atoms in total. The minimum atomic E-state index is -3.46. The van der Waals surface area contributed by atoms with E-state index in [0.29, 0.717) is 5.03 Å². The summed E-state index contributed by atoms with van der Waals surface area (Å²) < 4.78 is 25.2. The second-order valence-corrected chi connectivity index (χ2v) is 5.15. The molecule has 0 bridgehead atoms. The van der Waals surface area contributed by atoms with Gasteiger partial charge < -0.3 is 5.32 Å². The van der Waals surface area contributed by atoms with Gasteiger partial charge in [0.15, 0.2) is 0 Å². The predicted octanol–water partition coefficient (Wildman–Crippen LogP) is 1.66. The normalized spacial score (nSPS) is 12.6. The molecule has 0 saturated carbocycles. The summed E-state index contributed by atoms with van der Waals surface area (Å²) in [5, 5.41) is 2.85. The highest BCUT2D eigenvalue weighted by molar-refractivity contribution is 7.48. The number of phosphoric ester groups is 1. The van der Waals surface area contributed by atoms with Crippen LogP contribution in [0, 0.1) is 0 Å². The topological polar surface area (TPSA) is 73.9 Å². The van der Waals surface area contributed by atoms with Crippen LogP contribution in [-0.4, -0.2) is 33.3 Å². The fourth-order valence-corrected chi connectivity index (χ4v) is 1.52. The van der Waals surface area contributed by atoms with Gasteiger partial charge in [-0.25, -0.2) is 4.57 Å². The molecule has 0 aliphatic carbocycles. The smallest absolute Gasteiger partial charge is 0.350 e. The quantitative estimate of drug-likeness (QED) is 0.433. The molecule has 1 amide bonds. The maximum Gasteiger partial charge on any atom is 0.474 e. The molecule has 0 spiro atoms. The molecule has 0 aliphatic heterocycles. The van der Waals surface area contributed by atoms with Crippen molar-refractivity contribution in [3.8, 4) is 0 Å². The van der Waals surface area contributed by atoms with Gasteiger partial charge in [0, 0.05) is 31.9 Å². The summed E-state index contributed by atoms with van der Waals surface area (Å²) in [6, 6.07) is 0. The van der Waals surface area contributed by atoms with E-state index >= 15 is 0 Å². The summed E-state index contributed by atoms with van der Waals surface area (Å²) >= 11 is 5.49. The van der Waals surface area contributed by atoms with E-state index in [4.69, 9.17) is 16.1 Å². The first-order valence-electron chi connectivity index (χ1n) is 4.41. The van der Waals surface area contributed by atoms with Gasteiger partial charge in [0.2, 0.25) is 5.91 Å². The number of amides is 1. The molecule has 0 aromatic rings. The minimum absolute atomic E-state index is 0.0138. The van der Waals surface area contributed by atoms with Crippen molar-refractivity contribution in [3.05, 3.63) is 11.1 Å². The molecular formula is C8H15ClNO5P. The lowest BCUT2D eigenvalue weighted by molar-refractivity contribution is -0.116. The number of carbonyl (C=O) groups excluding carboxylic acids is 1. The number of allylic oxidation sites excluding steroid dienone is 1. The number of rotatable bonds is 7. The minimum Gasteiger partial charge on any atom is -0.350 e. The number of carbonyl (C=O) groups is 1. The first kappa shape index (κ1) is 15.6. The van der Waals surface area contributed by atoms with Crippen molar-refractivity contribution in [3.63, 3.8) is 0 Å². The Morgan fingerprint density at radius 3 is 2.44 bits per heavy atom. The number of nitrogens with one attached hydrogen (secondary N) is 1. The third kappa shape index (κ3) is 6.98. The molecule has 8 heteroatoms. The number of hydrogen-bond donors (Lipinski definition) is 1. The van der Waals surface area contributed by atoms with Gasteiger partial charge >= 0.3 is 7.82 Å². The summed E-state index contributed by atoms with van der Waals surface area (Å²) in [6.07, 6.45) is 1.23. The Kier molecular flexibility index (Phi) is 7.62. The third-order valence-electron chi connectivity index (χ3n) is 1.43. The summed E-state index contributed by atoms with van der Waals surface area (Å²) in [4.78, 5) is 11.1. The molecular weight excluding hydrogens is 257 g/mol. The van der Waals surface area contributed by atoms with Gasteiger partial charge in [0.05, 0.1) is 6.61 Å². The van der Waals surface area contributed by atoms with Crippen molar-refractivity contribution >= 4 is 25.3 Å². The van der Waals surface area contributed by atoms with Crippen molar-refractivity contribution < 1.29 is 22.9 Å². The van der Waals surface area contributed by atoms with Gasteiger partial charge in [-0.15, -0.1) is 0 Å². The predicted molar refractivity (Wildman–Crippen MR) is 60.2 cm³/mol. The number of phosphoric acid groups is 1. The zero-order valence-electron chi connectivity index (χ0n) is 9.36. The van der Waals surface area contributed by atoms with Crippen LogP contribution in [-0.2, 0) is 22.9 Å².